The molecular formula is C22H22N2O3. The number of carbonyl (C=O) groups is 3. The number of barbiturate groups is 1. The van der Waals surface area contributed by atoms with Crippen LogP contribution in [0.15, 0.2) is 54.6 Å². The van der Waals surface area contributed by atoms with Gasteiger partial charge in [0, 0.05) is 19.5 Å². The van der Waals surface area contributed by atoms with E-state index in [9.17, 15) is 14.4 Å². The second-order valence-electron chi connectivity index (χ2n) is 7.74. The molecule has 5 nitrogen and oxygen atoms in total. The zero-order valence-electron chi connectivity index (χ0n) is 15.7. The minimum atomic E-state index is -1.35. The summed E-state index contributed by atoms with van der Waals surface area (Å²) in [5, 5.41) is 0. The number of urea groups is 1. The predicted molar refractivity (Wildman–Crippen MR) is 101 cm³/mol. The summed E-state index contributed by atoms with van der Waals surface area (Å²) in [6.07, 6.45) is 0.842. The third-order valence-electron chi connectivity index (χ3n) is 6.38. The summed E-state index contributed by atoms with van der Waals surface area (Å²) in [7, 11) is 2.92. The fourth-order valence-electron chi connectivity index (χ4n) is 4.76. The summed E-state index contributed by atoms with van der Waals surface area (Å²) < 4.78 is 0. The number of hydrogen-bond acceptors (Lipinski definition) is 3. The molecule has 1 aliphatic carbocycles. The molecule has 5 heteroatoms. The highest BCUT2D eigenvalue weighted by Gasteiger charge is 2.66. The molecule has 1 atom stereocenters. The number of amides is 4. The number of carbonyl (C=O) groups excluding carboxylic acids is 3. The van der Waals surface area contributed by atoms with Gasteiger partial charge in [0.1, 0.15) is 5.41 Å². The van der Waals surface area contributed by atoms with E-state index in [1.54, 1.807) is 0 Å². The van der Waals surface area contributed by atoms with E-state index in [0.29, 0.717) is 6.42 Å². The van der Waals surface area contributed by atoms with Crippen LogP contribution >= 0.6 is 0 Å². The van der Waals surface area contributed by atoms with E-state index in [4.69, 9.17) is 0 Å². The number of nitrogens with zero attached hydrogens (tertiary/aromatic N) is 2. The van der Waals surface area contributed by atoms with Gasteiger partial charge >= 0.3 is 6.03 Å². The molecule has 1 spiro atoms. The summed E-state index contributed by atoms with van der Waals surface area (Å²) >= 11 is 0. The third kappa shape index (κ3) is 2.14. The van der Waals surface area contributed by atoms with Crippen LogP contribution in [0.25, 0.3) is 0 Å². The van der Waals surface area contributed by atoms with Crippen molar-refractivity contribution in [3.63, 3.8) is 0 Å². The standard InChI is InChI=1S/C22H22N2O3/c1-21(17-11-5-4-6-12-17)13-15-9-7-8-10-16(15)14-22(21)18(25)23(2)20(27)24(3)19(22)26/h4-12H,13-14H2,1-3H3. The lowest BCUT2D eigenvalue weighted by Crippen LogP contribution is -2.71. The van der Waals surface area contributed by atoms with Crippen LogP contribution in [0.2, 0.25) is 0 Å². The first-order valence-corrected chi connectivity index (χ1v) is 9.05. The Balaban J connectivity index is 2.02. The van der Waals surface area contributed by atoms with Crippen molar-refractivity contribution in [1.29, 1.82) is 0 Å². The minimum absolute atomic E-state index is 0.286. The lowest BCUT2D eigenvalue weighted by atomic mass is 9.51. The molecule has 138 valence electrons. The van der Waals surface area contributed by atoms with Crippen LogP contribution in [0.5, 0.6) is 0 Å². The van der Waals surface area contributed by atoms with Crippen molar-refractivity contribution in [3.05, 3.63) is 71.3 Å². The number of hydrogen-bond donors (Lipinski definition) is 0. The SMILES string of the molecule is CN1C(=O)N(C)C(=O)C2(Cc3ccccc3CC2(C)c2ccccc2)C1=O. The summed E-state index contributed by atoms with van der Waals surface area (Å²) in [6.45, 7) is 1.98. The van der Waals surface area contributed by atoms with Crippen molar-refractivity contribution >= 4 is 17.8 Å². The molecule has 1 heterocycles. The monoisotopic (exact) mass is 362 g/mol. The van der Waals surface area contributed by atoms with Gasteiger partial charge in [-0.1, -0.05) is 61.5 Å². The summed E-state index contributed by atoms with van der Waals surface area (Å²) in [5.74, 6) is -0.840. The Morgan fingerprint density at radius 3 is 1.78 bits per heavy atom. The molecule has 1 aliphatic heterocycles. The molecule has 4 rings (SSSR count). The van der Waals surface area contributed by atoms with Gasteiger partial charge in [-0.05, 0) is 29.5 Å². The Morgan fingerprint density at radius 2 is 1.22 bits per heavy atom. The molecule has 1 unspecified atom stereocenters. The zero-order valence-corrected chi connectivity index (χ0v) is 15.7. The van der Waals surface area contributed by atoms with Gasteiger partial charge < -0.3 is 0 Å². The van der Waals surface area contributed by atoms with Gasteiger partial charge in [0.2, 0.25) is 11.8 Å². The van der Waals surface area contributed by atoms with E-state index in [2.05, 4.69) is 6.07 Å². The van der Waals surface area contributed by atoms with Gasteiger partial charge in [0.25, 0.3) is 0 Å². The van der Waals surface area contributed by atoms with Crippen LogP contribution in [0.3, 0.4) is 0 Å². The highest BCUT2D eigenvalue weighted by molar-refractivity contribution is 6.20. The van der Waals surface area contributed by atoms with Gasteiger partial charge in [-0.15, -0.1) is 0 Å². The minimum Gasteiger partial charge on any atom is -0.273 e. The summed E-state index contributed by atoms with van der Waals surface area (Å²) in [4.78, 5) is 41.6. The molecule has 0 N–H and O–H groups in total. The molecule has 4 amide bonds. The highest BCUT2D eigenvalue weighted by atomic mass is 16.2. The van der Waals surface area contributed by atoms with E-state index in [0.717, 1.165) is 26.5 Å². The maximum atomic E-state index is 13.5. The fourth-order valence-corrected chi connectivity index (χ4v) is 4.76. The van der Waals surface area contributed by atoms with Crippen molar-refractivity contribution < 1.29 is 14.4 Å². The van der Waals surface area contributed by atoms with Gasteiger partial charge in [0.15, 0.2) is 0 Å². The highest BCUT2D eigenvalue weighted by Crippen LogP contribution is 2.53. The molecule has 1 saturated heterocycles. The van der Waals surface area contributed by atoms with Crippen molar-refractivity contribution in [2.24, 2.45) is 5.41 Å². The molecule has 0 bridgehead atoms. The molecule has 27 heavy (non-hydrogen) atoms. The lowest BCUT2D eigenvalue weighted by Gasteiger charge is -2.54. The largest absolute Gasteiger partial charge is 0.332 e. The quantitative estimate of drug-likeness (QED) is 0.733. The van der Waals surface area contributed by atoms with Crippen LogP contribution < -0.4 is 0 Å². The van der Waals surface area contributed by atoms with Crippen LogP contribution in [0.1, 0.15) is 23.6 Å². The molecular weight excluding hydrogens is 340 g/mol. The van der Waals surface area contributed by atoms with Gasteiger partial charge in [0.05, 0.1) is 0 Å². The Kier molecular flexibility index (Phi) is 3.74. The van der Waals surface area contributed by atoms with Gasteiger partial charge in [-0.2, -0.15) is 0 Å². The van der Waals surface area contributed by atoms with Crippen LogP contribution in [-0.4, -0.2) is 41.7 Å². The van der Waals surface area contributed by atoms with Crippen LogP contribution in [0.4, 0.5) is 4.79 Å². The lowest BCUT2D eigenvalue weighted by molar-refractivity contribution is -0.163. The number of fused-ring (bicyclic) bond motifs is 1. The Morgan fingerprint density at radius 1 is 0.741 bits per heavy atom. The van der Waals surface area contributed by atoms with Crippen molar-refractivity contribution in [3.8, 4) is 0 Å². The third-order valence-corrected chi connectivity index (χ3v) is 6.38. The summed E-state index contributed by atoms with van der Waals surface area (Å²) in [6, 6.07) is 17.0. The van der Waals surface area contributed by atoms with Crippen molar-refractivity contribution in [2.45, 2.75) is 25.2 Å². The topological polar surface area (TPSA) is 57.7 Å². The van der Waals surface area contributed by atoms with E-state index in [1.165, 1.54) is 14.1 Å². The Hall–Kier alpha value is -2.95. The van der Waals surface area contributed by atoms with Gasteiger partial charge in [-0.25, -0.2) is 4.79 Å². The zero-order chi connectivity index (χ0) is 19.4. The van der Waals surface area contributed by atoms with Crippen molar-refractivity contribution in [2.75, 3.05) is 14.1 Å². The average molecular weight is 362 g/mol. The first-order valence-electron chi connectivity index (χ1n) is 9.05. The first kappa shape index (κ1) is 17.5. The maximum Gasteiger partial charge on any atom is 0.332 e. The summed E-state index contributed by atoms with van der Waals surface area (Å²) in [5.41, 5.74) is 0.943. The Labute approximate surface area is 158 Å². The molecule has 0 radical (unpaired) electrons. The Bertz CT molecular complexity index is 929. The second kappa shape index (κ2) is 5.78. The maximum absolute atomic E-state index is 13.5. The number of imide groups is 2. The van der Waals surface area contributed by atoms with E-state index >= 15 is 0 Å². The fraction of sp³-hybridized carbons (Fsp3) is 0.318. The molecule has 0 aromatic heterocycles. The van der Waals surface area contributed by atoms with Gasteiger partial charge in [-0.3, -0.25) is 19.4 Å². The van der Waals surface area contributed by atoms with E-state index in [-0.39, 0.29) is 6.42 Å². The van der Waals surface area contributed by atoms with E-state index in [1.807, 2.05) is 55.5 Å². The molecule has 2 aliphatic rings. The van der Waals surface area contributed by atoms with Crippen molar-refractivity contribution in [1.82, 2.24) is 9.80 Å². The smallest absolute Gasteiger partial charge is 0.273 e. The first-order chi connectivity index (χ1) is 12.8. The second-order valence-corrected chi connectivity index (χ2v) is 7.74. The van der Waals surface area contributed by atoms with Crippen LogP contribution in [0, 0.1) is 5.41 Å². The molecule has 0 saturated carbocycles. The number of rotatable bonds is 1. The molecule has 1 fully saturated rings. The molecule has 2 aromatic carbocycles. The predicted octanol–water partition coefficient (Wildman–Crippen LogP) is 2.78. The molecule has 2 aromatic rings. The van der Waals surface area contributed by atoms with E-state index < -0.39 is 28.7 Å². The normalized spacial score (nSPS) is 24.3. The average Bonchev–Trinajstić information content (AvgIpc) is 2.70. The number of benzene rings is 2. The van der Waals surface area contributed by atoms with Crippen LogP contribution in [-0.2, 0) is 27.8 Å².